The maximum atomic E-state index is 12.6. The number of rotatable bonds is 3. The SMILES string of the molecule is CC(=O)OC(C)(C)C(=O)N1CCS[C@@H](c2ccccc2Cl)CC1. The van der Waals surface area contributed by atoms with E-state index in [-0.39, 0.29) is 11.2 Å². The smallest absolute Gasteiger partial charge is 0.303 e. The molecule has 1 aromatic carbocycles. The average molecular weight is 356 g/mol. The summed E-state index contributed by atoms with van der Waals surface area (Å²) in [7, 11) is 0. The standard InChI is InChI=1S/C17H22ClNO3S/c1-12(20)22-17(2,3)16(21)19-9-8-15(23-11-10-19)13-6-4-5-7-14(13)18/h4-7,15H,8-11H2,1-3H3/t15-/m1/s1. The molecule has 1 heterocycles. The zero-order chi connectivity index (χ0) is 17.0. The lowest BCUT2D eigenvalue weighted by molar-refractivity contribution is -0.168. The maximum absolute atomic E-state index is 12.6. The number of amides is 1. The van der Waals surface area contributed by atoms with Crippen molar-refractivity contribution in [1.29, 1.82) is 0 Å². The van der Waals surface area contributed by atoms with Crippen LogP contribution in [-0.4, -0.2) is 41.2 Å². The zero-order valence-electron chi connectivity index (χ0n) is 13.7. The second-order valence-corrected chi connectivity index (χ2v) is 7.78. The molecule has 0 aliphatic carbocycles. The van der Waals surface area contributed by atoms with Gasteiger partial charge in [0.15, 0.2) is 5.60 Å². The first-order valence-electron chi connectivity index (χ1n) is 7.66. The highest BCUT2D eigenvalue weighted by molar-refractivity contribution is 7.99. The van der Waals surface area contributed by atoms with Crippen molar-refractivity contribution in [3.8, 4) is 0 Å². The van der Waals surface area contributed by atoms with Gasteiger partial charge in [-0.05, 0) is 31.9 Å². The molecule has 1 atom stereocenters. The number of thioether (sulfide) groups is 1. The van der Waals surface area contributed by atoms with Gasteiger partial charge < -0.3 is 9.64 Å². The van der Waals surface area contributed by atoms with Crippen molar-refractivity contribution < 1.29 is 14.3 Å². The first-order chi connectivity index (χ1) is 10.8. The molecule has 0 spiro atoms. The van der Waals surface area contributed by atoms with E-state index >= 15 is 0 Å². The molecule has 0 bridgehead atoms. The van der Waals surface area contributed by atoms with Crippen LogP contribution in [-0.2, 0) is 14.3 Å². The van der Waals surface area contributed by atoms with Gasteiger partial charge in [-0.1, -0.05) is 29.8 Å². The number of nitrogens with zero attached hydrogens (tertiary/aromatic N) is 1. The van der Waals surface area contributed by atoms with Crippen molar-refractivity contribution in [2.24, 2.45) is 0 Å². The Labute approximate surface area is 146 Å². The largest absolute Gasteiger partial charge is 0.450 e. The molecule has 0 saturated carbocycles. The molecule has 1 aromatic rings. The average Bonchev–Trinajstić information content (AvgIpc) is 2.71. The summed E-state index contributed by atoms with van der Waals surface area (Å²) >= 11 is 8.10. The minimum atomic E-state index is -1.12. The topological polar surface area (TPSA) is 46.6 Å². The lowest BCUT2D eigenvalue weighted by atomic mass is 10.1. The van der Waals surface area contributed by atoms with E-state index in [4.69, 9.17) is 16.3 Å². The number of hydrogen-bond donors (Lipinski definition) is 0. The van der Waals surface area contributed by atoms with E-state index in [2.05, 4.69) is 0 Å². The Hall–Kier alpha value is -1.20. The van der Waals surface area contributed by atoms with E-state index in [1.54, 1.807) is 18.7 Å². The predicted molar refractivity (Wildman–Crippen MR) is 93.7 cm³/mol. The fourth-order valence-corrected chi connectivity index (χ4v) is 4.34. The van der Waals surface area contributed by atoms with Crippen LogP contribution < -0.4 is 0 Å². The molecule has 0 unspecified atom stereocenters. The molecule has 0 radical (unpaired) electrons. The maximum Gasteiger partial charge on any atom is 0.303 e. The molecule has 0 aromatic heterocycles. The van der Waals surface area contributed by atoms with E-state index in [0.29, 0.717) is 13.1 Å². The number of halogens is 1. The minimum Gasteiger partial charge on any atom is -0.450 e. The number of hydrogen-bond acceptors (Lipinski definition) is 4. The van der Waals surface area contributed by atoms with E-state index in [1.807, 2.05) is 36.0 Å². The van der Waals surface area contributed by atoms with Crippen LogP contribution >= 0.6 is 23.4 Å². The van der Waals surface area contributed by atoms with Gasteiger partial charge in [0.1, 0.15) is 0 Å². The Balaban J connectivity index is 2.05. The summed E-state index contributed by atoms with van der Waals surface area (Å²) in [6, 6.07) is 7.85. The second-order valence-electron chi connectivity index (χ2n) is 6.07. The summed E-state index contributed by atoms with van der Waals surface area (Å²) in [5, 5.41) is 1.04. The Morgan fingerprint density at radius 1 is 1.30 bits per heavy atom. The van der Waals surface area contributed by atoms with Crippen LogP contribution in [0.5, 0.6) is 0 Å². The third-order valence-electron chi connectivity index (χ3n) is 3.79. The van der Waals surface area contributed by atoms with Crippen LogP contribution in [0.2, 0.25) is 5.02 Å². The number of benzene rings is 1. The lowest BCUT2D eigenvalue weighted by Gasteiger charge is -2.30. The molecular formula is C17H22ClNO3S. The Kier molecular flexibility index (Phi) is 5.98. The fraction of sp³-hybridized carbons (Fsp3) is 0.529. The first kappa shape index (κ1) is 18.1. The normalized spacial score (nSPS) is 19.1. The van der Waals surface area contributed by atoms with Gasteiger partial charge >= 0.3 is 5.97 Å². The molecule has 126 valence electrons. The Bertz CT molecular complexity index is 591. The molecular weight excluding hydrogens is 334 g/mol. The van der Waals surface area contributed by atoms with Crippen LogP contribution in [0.25, 0.3) is 0 Å². The summed E-state index contributed by atoms with van der Waals surface area (Å²) in [5.74, 6) is 0.243. The molecule has 23 heavy (non-hydrogen) atoms. The van der Waals surface area contributed by atoms with E-state index < -0.39 is 11.6 Å². The van der Waals surface area contributed by atoms with Gasteiger partial charge in [-0.3, -0.25) is 9.59 Å². The van der Waals surface area contributed by atoms with Crippen molar-refractivity contribution in [3.05, 3.63) is 34.9 Å². The number of ether oxygens (including phenoxy) is 1. The van der Waals surface area contributed by atoms with Crippen LogP contribution in [0.15, 0.2) is 24.3 Å². The summed E-state index contributed by atoms with van der Waals surface area (Å²) in [4.78, 5) is 25.6. The van der Waals surface area contributed by atoms with Crippen molar-refractivity contribution in [2.45, 2.75) is 38.0 Å². The fourth-order valence-electron chi connectivity index (χ4n) is 2.74. The molecule has 1 aliphatic heterocycles. The number of carbonyl (C=O) groups excluding carboxylic acids is 2. The molecule has 4 nitrogen and oxygen atoms in total. The monoisotopic (exact) mass is 355 g/mol. The van der Waals surface area contributed by atoms with Gasteiger partial charge in [0.05, 0.1) is 0 Å². The minimum absolute atomic E-state index is 0.145. The van der Waals surface area contributed by atoms with Crippen LogP contribution in [0.4, 0.5) is 0 Å². The van der Waals surface area contributed by atoms with Crippen molar-refractivity contribution in [1.82, 2.24) is 4.90 Å². The molecule has 1 aliphatic rings. The Morgan fingerprint density at radius 3 is 2.65 bits per heavy atom. The zero-order valence-corrected chi connectivity index (χ0v) is 15.2. The van der Waals surface area contributed by atoms with Crippen molar-refractivity contribution >= 4 is 35.2 Å². The van der Waals surface area contributed by atoms with E-state index in [9.17, 15) is 9.59 Å². The van der Waals surface area contributed by atoms with Gasteiger partial charge in [0.2, 0.25) is 0 Å². The van der Waals surface area contributed by atoms with Gasteiger partial charge in [-0.15, -0.1) is 0 Å². The third-order valence-corrected chi connectivity index (χ3v) is 5.45. The molecule has 1 saturated heterocycles. The van der Waals surface area contributed by atoms with E-state index in [0.717, 1.165) is 22.8 Å². The molecule has 2 rings (SSSR count). The quantitative estimate of drug-likeness (QED) is 0.776. The molecule has 6 heteroatoms. The first-order valence-corrected chi connectivity index (χ1v) is 9.09. The van der Waals surface area contributed by atoms with Gasteiger partial charge in [-0.25, -0.2) is 0 Å². The second kappa shape index (κ2) is 7.58. The van der Waals surface area contributed by atoms with E-state index in [1.165, 1.54) is 6.92 Å². The van der Waals surface area contributed by atoms with Gasteiger partial charge in [-0.2, -0.15) is 11.8 Å². The molecule has 1 fully saturated rings. The lowest BCUT2D eigenvalue weighted by Crippen LogP contribution is -2.48. The highest BCUT2D eigenvalue weighted by atomic mass is 35.5. The van der Waals surface area contributed by atoms with Gasteiger partial charge in [0.25, 0.3) is 5.91 Å². The number of carbonyl (C=O) groups is 2. The van der Waals surface area contributed by atoms with Crippen LogP contribution in [0.3, 0.4) is 0 Å². The summed E-state index contributed by atoms with van der Waals surface area (Å²) in [5.41, 5.74) is -0.00603. The van der Waals surface area contributed by atoms with Crippen LogP contribution in [0, 0.1) is 0 Å². The van der Waals surface area contributed by atoms with Crippen molar-refractivity contribution in [3.63, 3.8) is 0 Å². The summed E-state index contributed by atoms with van der Waals surface area (Å²) in [6.07, 6.45) is 0.830. The van der Waals surface area contributed by atoms with Crippen molar-refractivity contribution in [2.75, 3.05) is 18.8 Å². The highest BCUT2D eigenvalue weighted by Gasteiger charge is 2.36. The Morgan fingerprint density at radius 2 is 2.00 bits per heavy atom. The summed E-state index contributed by atoms with van der Waals surface area (Å²) < 4.78 is 5.17. The molecule has 0 N–H and O–H groups in total. The predicted octanol–water partition coefficient (Wildman–Crippen LogP) is 3.69. The molecule has 1 amide bonds. The third kappa shape index (κ3) is 4.64. The van der Waals surface area contributed by atoms with Gasteiger partial charge in [0, 0.05) is 36.0 Å². The number of esters is 1. The van der Waals surface area contributed by atoms with Crippen LogP contribution in [0.1, 0.15) is 38.0 Å². The summed E-state index contributed by atoms with van der Waals surface area (Å²) in [6.45, 7) is 5.88. The highest BCUT2D eigenvalue weighted by Crippen LogP contribution is 2.38.